The van der Waals surface area contributed by atoms with Crippen LogP contribution in [0, 0.1) is 0 Å². The van der Waals surface area contributed by atoms with Gasteiger partial charge in [0.1, 0.15) is 12.4 Å². The van der Waals surface area contributed by atoms with E-state index >= 15 is 0 Å². The Morgan fingerprint density at radius 1 is 1.29 bits per heavy atom. The van der Waals surface area contributed by atoms with Gasteiger partial charge in [0.2, 0.25) is 0 Å². The Hall–Kier alpha value is -1.28. The maximum Gasteiger partial charge on any atom is 0.119 e. The number of unbranched alkanes of at least 4 members (excludes halogenated alkanes) is 1. The summed E-state index contributed by atoms with van der Waals surface area (Å²) >= 11 is 0. The van der Waals surface area contributed by atoms with Crippen LogP contribution in [0.2, 0.25) is 0 Å². The zero-order chi connectivity index (χ0) is 12.3. The summed E-state index contributed by atoms with van der Waals surface area (Å²) in [5.41, 5.74) is 1.39. The molecule has 0 fully saturated rings. The van der Waals surface area contributed by atoms with Crippen molar-refractivity contribution in [2.24, 2.45) is 0 Å². The molecule has 0 saturated heterocycles. The molecule has 0 heterocycles. The van der Waals surface area contributed by atoms with Crippen LogP contribution in [0.25, 0.3) is 0 Å². The van der Waals surface area contributed by atoms with Crippen LogP contribution in [-0.4, -0.2) is 19.7 Å². The summed E-state index contributed by atoms with van der Waals surface area (Å²) < 4.78 is 5.62. The molecule has 0 aliphatic heterocycles. The van der Waals surface area contributed by atoms with E-state index in [2.05, 4.69) is 43.1 Å². The maximum absolute atomic E-state index is 5.62. The smallest absolute Gasteiger partial charge is 0.119 e. The van der Waals surface area contributed by atoms with Gasteiger partial charge in [0, 0.05) is 13.1 Å². The Kier molecular flexibility index (Phi) is 7.15. The van der Waals surface area contributed by atoms with Gasteiger partial charge in [-0.05, 0) is 30.5 Å². The first-order chi connectivity index (χ1) is 8.36. The average molecular weight is 233 g/mol. The number of ether oxygens (including phenoxy) is 1. The molecule has 0 amide bonds. The van der Waals surface area contributed by atoms with Crippen molar-refractivity contribution in [3.8, 4) is 5.75 Å². The molecule has 0 aromatic heterocycles. The van der Waals surface area contributed by atoms with Gasteiger partial charge in [-0.1, -0.05) is 31.6 Å². The van der Waals surface area contributed by atoms with Crippen LogP contribution in [0.3, 0.4) is 0 Å². The fourth-order valence-corrected chi connectivity index (χ4v) is 1.58. The monoisotopic (exact) mass is 233 g/mol. The standard InChI is InChI=1S/C15H23NO/c1-3-5-6-14-7-9-15(10-8-14)17-13-12-16-11-4-2/h4,7-10,16H,2-3,5-6,11-13H2,1H3. The van der Waals surface area contributed by atoms with Crippen molar-refractivity contribution in [2.75, 3.05) is 19.7 Å². The van der Waals surface area contributed by atoms with Crippen molar-refractivity contribution in [1.82, 2.24) is 5.32 Å². The summed E-state index contributed by atoms with van der Waals surface area (Å²) in [5.74, 6) is 0.950. The van der Waals surface area contributed by atoms with Crippen LogP contribution in [0.1, 0.15) is 25.3 Å². The van der Waals surface area contributed by atoms with Gasteiger partial charge in [-0.3, -0.25) is 0 Å². The first-order valence-electron chi connectivity index (χ1n) is 6.40. The maximum atomic E-state index is 5.62. The summed E-state index contributed by atoms with van der Waals surface area (Å²) in [7, 11) is 0. The molecule has 0 spiro atoms. The summed E-state index contributed by atoms with van der Waals surface area (Å²) in [4.78, 5) is 0. The SMILES string of the molecule is C=CCNCCOc1ccc(CCCC)cc1. The molecule has 1 aromatic rings. The lowest BCUT2D eigenvalue weighted by Gasteiger charge is -2.07. The molecule has 0 aliphatic carbocycles. The number of aryl methyl sites for hydroxylation is 1. The molecule has 17 heavy (non-hydrogen) atoms. The highest BCUT2D eigenvalue weighted by atomic mass is 16.5. The summed E-state index contributed by atoms with van der Waals surface area (Å²) in [6.07, 6.45) is 5.51. The van der Waals surface area contributed by atoms with Crippen molar-refractivity contribution in [3.05, 3.63) is 42.5 Å². The van der Waals surface area contributed by atoms with Crippen LogP contribution in [0.4, 0.5) is 0 Å². The van der Waals surface area contributed by atoms with Gasteiger partial charge in [0.05, 0.1) is 0 Å². The molecular weight excluding hydrogens is 210 g/mol. The molecule has 0 saturated carbocycles. The molecule has 0 atom stereocenters. The third-order valence-electron chi connectivity index (χ3n) is 2.58. The van der Waals surface area contributed by atoms with Crippen LogP contribution in [0.15, 0.2) is 36.9 Å². The largest absolute Gasteiger partial charge is 0.492 e. The molecule has 2 nitrogen and oxygen atoms in total. The second kappa shape index (κ2) is 8.82. The molecule has 94 valence electrons. The first-order valence-corrected chi connectivity index (χ1v) is 6.40. The van der Waals surface area contributed by atoms with Gasteiger partial charge in [-0.25, -0.2) is 0 Å². The minimum Gasteiger partial charge on any atom is -0.492 e. The third kappa shape index (κ3) is 6.12. The summed E-state index contributed by atoms with van der Waals surface area (Å²) in [6, 6.07) is 8.42. The highest BCUT2D eigenvalue weighted by Crippen LogP contribution is 2.13. The first kappa shape index (κ1) is 13.8. The zero-order valence-electron chi connectivity index (χ0n) is 10.7. The second-order valence-electron chi connectivity index (χ2n) is 4.09. The molecule has 0 radical (unpaired) electrons. The van der Waals surface area contributed by atoms with E-state index in [9.17, 15) is 0 Å². The molecule has 0 unspecified atom stereocenters. The number of nitrogens with one attached hydrogen (secondary N) is 1. The lowest BCUT2D eigenvalue weighted by atomic mass is 10.1. The van der Waals surface area contributed by atoms with Crippen molar-refractivity contribution in [2.45, 2.75) is 26.2 Å². The predicted octanol–water partition coefficient (Wildman–Crippen LogP) is 3.18. The Morgan fingerprint density at radius 2 is 2.06 bits per heavy atom. The van der Waals surface area contributed by atoms with Gasteiger partial charge in [-0.15, -0.1) is 6.58 Å². The molecule has 1 rings (SSSR count). The van der Waals surface area contributed by atoms with E-state index in [1.165, 1.54) is 18.4 Å². The van der Waals surface area contributed by atoms with E-state index in [1.54, 1.807) is 0 Å². The van der Waals surface area contributed by atoms with E-state index in [0.29, 0.717) is 6.61 Å². The van der Waals surface area contributed by atoms with Gasteiger partial charge >= 0.3 is 0 Å². The van der Waals surface area contributed by atoms with Crippen LogP contribution in [0.5, 0.6) is 5.75 Å². The zero-order valence-corrected chi connectivity index (χ0v) is 10.7. The minimum atomic E-state index is 0.697. The van der Waals surface area contributed by atoms with E-state index in [-0.39, 0.29) is 0 Å². The minimum absolute atomic E-state index is 0.697. The van der Waals surface area contributed by atoms with Crippen molar-refractivity contribution in [3.63, 3.8) is 0 Å². The Balaban J connectivity index is 2.23. The van der Waals surface area contributed by atoms with Crippen molar-refractivity contribution in [1.29, 1.82) is 0 Å². The number of rotatable bonds is 9. The quantitative estimate of drug-likeness (QED) is 0.522. The topological polar surface area (TPSA) is 21.3 Å². The number of hydrogen-bond acceptors (Lipinski definition) is 2. The van der Waals surface area contributed by atoms with E-state index in [0.717, 1.165) is 25.3 Å². The Labute approximate surface area is 105 Å². The molecule has 0 bridgehead atoms. The van der Waals surface area contributed by atoms with Crippen LogP contribution in [-0.2, 0) is 6.42 Å². The number of hydrogen-bond donors (Lipinski definition) is 1. The van der Waals surface area contributed by atoms with Gasteiger partial charge < -0.3 is 10.1 Å². The van der Waals surface area contributed by atoms with Gasteiger partial charge in [0.25, 0.3) is 0 Å². The fourth-order valence-electron chi connectivity index (χ4n) is 1.58. The highest BCUT2D eigenvalue weighted by molar-refractivity contribution is 5.27. The fraction of sp³-hybridized carbons (Fsp3) is 0.467. The second-order valence-corrected chi connectivity index (χ2v) is 4.09. The van der Waals surface area contributed by atoms with E-state index in [4.69, 9.17) is 4.74 Å². The summed E-state index contributed by atoms with van der Waals surface area (Å²) in [5, 5.41) is 3.20. The molecule has 0 aliphatic rings. The summed E-state index contributed by atoms with van der Waals surface area (Å²) in [6.45, 7) is 8.24. The van der Waals surface area contributed by atoms with E-state index < -0.39 is 0 Å². The van der Waals surface area contributed by atoms with Gasteiger partial charge in [-0.2, -0.15) is 0 Å². The highest BCUT2D eigenvalue weighted by Gasteiger charge is 1.95. The molecule has 1 aromatic carbocycles. The predicted molar refractivity (Wildman–Crippen MR) is 73.6 cm³/mol. The Bertz CT molecular complexity index is 305. The van der Waals surface area contributed by atoms with Crippen molar-refractivity contribution >= 4 is 0 Å². The van der Waals surface area contributed by atoms with Gasteiger partial charge in [0.15, 0.2) is 0 Å². The van der Waals surface area contributed by atoms with Crippen LogP contribution < -0.4 is 10.1 Å². The lowest BCUT2D eigenvalue weighted by Crippen LogP contribution is -2.20. The molecule has 2 heteroatoms. The Morgan fingerprint density at radius 3 is 2.71 bits per heavy atom. The van der Waals surface area contributed by atoms with Crippen LogP contribution >= 0.6 is 0 Å². The van der Waals surface area contributed by atoms with E-state index in [1.807, 2.05) is 6.08 Å². The molecular formula is C15H23NO. The third-order valence-corrected chi connectivity index (χ3v) is 2.58. The van der Waals surface area contributed by atoms with Crippen molar-refractivity contribution < 1.29 is 4.74 Å². The normalized spacial score (nSPS) is 10.2. The lowest BCUT2D eigenvalue weighted by molar-refractivity contribution is 0.316. The number of benzene rings is 1. The average Bonchev–Trinajstić information content (AvgIpc) is 2.37. The molecule has 1 N–H and O–H groups in total.